The van der Waals surface area contributed by atoms with Gasteiger partial charge in [0.2, 0.25) is 0 Å². The van der Waals surface area contributed by atoms with Gasteiger partial charge in [0.1, 0.15) is 34.5 Å². The van der Waals surface area contributed by atoms with Crippen molar-refractivity contribution in [2.45, 2.75) is 109 Å². The van der Waals surface area contributed by atoms with Gasteiger partial charge in [0.15, 0.2) is 0 Å². The monoisotopic (exact) mass is 1170 g/mol. The van der Waals surface area contributed by atoms with Gasteiger partial charge in [-0.2, -0.15) is 79.0 Å². The van der Waals surface area contributed by atoms with Crippen molar-refractivity contribution < 1.29 is 107 Å². The molecule has 6 aromatic rings. The van der Waals surface area contributed by atoms with Gasteiger partial charge in [-0.15, -0.1) is 0 Å². The smallest absolute Gasteiger partial charge is 0.395 e. The molecule has 0 saturated heterocycles. The molecule has 4 atom stereocenters. The Morgan fingerprint density at radius 1 is 0.346 bits per heavy atom. The molecule has 4 unspecified atom stereocenters. The summed E-state index contributed by atoms with van der Waals surface area (Å²) in [6.45, 7) is 10.3. The van der Waals surface area contributed by atoms with Gasteiger partial charge >= 0.3 is 72.3 Å². The molecule has 24 heteroatoms. The number of aryl methyl sites for hydroxylation is 6. The highest BCUT2D eigenvalue weighted by atomic mass is 19.3. The molecule has 0 aliphatic heterocycles. The Balaban J connectivity index is 0.000000239. The van der Waals surface area contributed by atoms with E-state index >= 15 is 0 Å². The lowest BCUT2D eigenvalue weighted by Crippen LogP contribution is -2.89. The number of benzene rings is 6. The average Bonchev–Trinajstić information content (AvgIpc) is 4.37. The third-order valence-corrected chi connectivity index (χ3v) is 10.8. The second kappa shape index (κ2) is 27.7. The van der Waals surface area contributed by atoms with E-state index in [4.69, 9.17) is 0 Å². The molecule has 0 bridgehead atoms. The van der Waals surface area contributed by atoms with Gasteiger partial charge in [-0.05, 0) is 114 Å². The minimum Gasteiger partial charge on any atom is -0.454 e. The summed E-state index contributed by atoms with van der Waals surface area (Å²) >= 11 is 0. The molecule has 0 spiro atoms. The van der Waals surface area contributed by atoms with E-state index in [0.29, 0.717) is 11.1 Å². The van der Waals surface area contributed by atoms with Gasteiger partial charge < -0.3 is 28.4 Å². The van der Waals surface area contributed by atoms with Crippen LogP contribution in [0.25, 0.3) is 0 Å². The van der Waals surface area contributed by atoms with Crippen molar-refractivity contribution >= 4 is 0 Å². The molecule has 0 heterocycles. The van der Waals surface area contributed by atoms with E-state index in [1.807, 2.05) is 13.8 Å². The maximum atomic E-state index is 14.8. The highest BCUT2D eigenvalue weighted by Crippen LogP contribution is 2.68. The van der Waals surface area contributed by atoms with Crippen molar-refractivity contribution in [3.63, 3.8) is 0 Å². The van der Waals surface area contributed by atoms with Gasteiger partial charge in [-0.3, -0.25) is 0 Å². The van der Waals surface area contributed by atoms with Crippen molar-refractivity contribution in [1.29, 1.82) is 0 Å². The lowest BCUT2D eigenvalue weighted by molar-refractivity contribution is -0.527. The van der Waals surface area contributed by atoms with Crippen LogP contribution in [0.2, 0.25) is 0 Å². The Bertz CT molecular complexity index is 2750. The van der Waals surface area contributed by atoms with E-state index < -0.39 is 95.3 Å². The Morgan fingerprint density at radius 3 is 0.741 bits per heavy atom. The van der Waals surface area contributed by atoms with E-state index in [1.54, 1.807) is 52.0 Å². The summed E-state index contributed by atoms with van der Waals surface area (Å²) in [5, 5.41) is 0. The summed E-state index contributed by atoms with van der Waals surface area (Å²) in [5.41, 5.74) is 4.69. The van der Waals surface area contributed by atoms with Crippen molar-refractivity contribution in [2.75, 3.05) is 0 Å². The van der Waals surface area contributed by atoms with Crippen LogP contribution in [0, 0.1) is 41.5 Å². The van der Waals surface area contributed by atoms with E-state index in [-0.39, 0.29) is 11.5 Å². The maximum Gasteiger partial charge on any atom is 0.395 e. The van der Waals surface area contributed by atoms with Gasteiger partial charge in [-0.25, -0.2) is 0 Å². The molecule has 81 heavy (non-hydrogen) atoms. The normalized spacial score (nSPS) is 17.9. The molecule has 440 valence electrons. The van der Waals surface area contributed by atoms with Crippen LogP contribution in [-0.4, -0.2) is 48.1 Å². The zero-order valence-corrected chi connectivity index (χ0v) is 43.4. The molecule has 0 aromatic heterocycles. The minimum absolute atomic E-state index is 0.0518. The fraction of sp³-hybridized carbons (Fsp3) is 0.298. The maximum absolute atomic E-state index is 14.8. The Morgan fingerprint density at radius 2 is 0.543 bits per heavy atom. The second-order valence-corrected chi connectivity index (χ2v) is 17.9. The molecule has 0 radical (unpaired) electrons. The molecule has 2 saturated carbocycles. The predicted molar refractivity (Wildman–Crippen MR) is 263 cm³/mol. The van der Waals surface area contributed by atoms with Crippen LogP contribution in [-0.2, 0) is 0 Å². The Hall–Kier alpha value is -7.66. The third-order valence-electron chi connectivity index (χ3n) is 10.8. The minimum atomic E-state index is -5.47. The van der Waals surface area contributed by atoms with E-state index in [9.17, 15) is 79.0 Å². The molecule has 6 aromatic carbocycles. The molecule has 2 aliphatic rings. The van der Waals surface area contributed by atoms with Gasteiger partial charge in [0.05, 0.1) is 0 Å². The van der Waals surface area contributed by atoms with Crippen molar-refractivity contribution in [2.24, 2.45) is 0 Å². The van der Waals surface area contributed by atoms with E-state index in [1.165, 1.54) is 92.1 Å². The topological polar surface area (TPSA) is 55.4 Å². The van der Waals surface area contributed by atoms with Crippen LogP contribution in [0.3, 0.4) is 0 Å². The number of rotatable bonds is 15. The number of hydrogen-bond acceptors (Lipinski definition) is 6. The predicted octanol–water partition coefficient (Wildman–Crippen LogP) is 19.0. The highest BCUT2D eigenvalue weighted by molar-refractivity contribution is 5.36. The van der Waals surface area contributed by atoms with Gasteiger partial charge in [0, 0.05) is 0 Å². The summed E-state index contributed by atoms with van der Waals surface area (Å²) in [5.74, 6) is -33.0. The van der Waals surface area contributed by atoms with Gasteiger partial charge in [-0.1, -0.05) is 125 Å². The van der Waals surface area contributed by atoms with Crippen LogP contribution in [0.15, 0.2) is 170 Å². The number of alkyl halides is 12. The molecule has 0 amide bonds. The quantitative estimate of drug-likeness (QED) is 0.0754. The molecule has 2 aliphatic carbocycles. The first-order valence-corrected chi connectivity index (χ1v) is 23.7. The van der Waals surface area contributed by atoms with Crippen molar-refractivity contribution in [3.8, 4) is 34.5 Å². The van der Waals surface area contributed by atoms with Crippen LogP contribution >= 0.6 is 0 Å². The fourth-order valence-corrected chi connectivity index (χ4v) is 5.96. The van der Waals surface area contributed by atoms with Crippen LogP contribution in [0.5, 0.6) is 34.5 Å². The molecule has 0 N–H and O–H groups in total. The molecule has 6 nitrogen and oxygen atoms in total. The number of halogens is 18. The summed E-state index contributed by atoms with van der Waals surface area (Å²) in [7, 11) is 0. The first-order chi connectivity index (χ1) is 37.7. The second-order valence-electron chi connectivity index (χ2n) is 17.9. The Kier molecular flexibility index (Phi) is 22.5. The summed E-state index contributed by atoms with van der Waals surface area (Å²) in [6, 6.07) is 28.4. The first-order valence-electron chi connectivity index (χ1n) is 23.7. The third kappa shape index (κ3) is 17.2. The van der Waals surface area contributed by atoms with Crippen LogP contribution in [0.1, 0.15) is 52.6 Å². The van der Waals surface area contributed by atoms with Crippen LogP contribution in [0.4, 0.5) is 79.0 Å². The van der Waals surface area contributed by atoms with Crippen molar-refractivity contribution in [1.82, 2.24) is 0 Å². The highest BCUT2D eigenvalue weighted by Gasteiger charge is 3.03. The average molecular weight is 1170 g/mol. The summed E-state index contributed by atoms with van der Waals surface area (Å²) in [4.78, 5) is 0. The van der Waals surface area contributed by atoms with Gasteiger partial charge in [0.25, 0.3) is 0 Å². The Labute approximate surface area is 453 Å². The number of ether oxygens (including phenoxy) is 6. The molecular weight excluding hydrogens is 1120 g/mol. The molecule has 2 fully saturated rings. The lowest BCUT2D eigenvalue weighted by atomic mass is 9.76. The molecular formula is C57H50F18O6. The first kappa shape index (κ1) is 65.9. The zero-order valence-electron chi connectivity index (χ0n) is 43.4. The fourth-order valence-electron chi connectivity index (χ4n) is 5.96. The molecule has 8 rings (SSSR count). The standard InChI is InChI=1S/C18H14F6O2.C18H16F6O2.2C9H7F3O.C3H6/c1-11-3-7-13(8-4-11)25-17(23)15(19,20)16(21,22)18(17,24)26-14-9-5-12(2)6-10-14;1-11-3-7-13(8-4-11)25-15(19)17(21,22)18(23,24)16(20)26-14-9-5-12(2)6-10-14;2*1-6-2-4-7(5-3-6)13-9(12)8(10)11;1-2-3-1/h3-10H,1-2H3;3-10,15-16H,1-2H3;2*2-5H,1H3;1-3H2. The zero-order chi connectivity index (χ0) is 60.7. The summed E-state index contributed by atoms with van der Waals surface area (Å²) < 4.78 is 264. The van der Waals surface area contributed by atoms with E-state index in [0.717, 1.165) is 70.8 Å². The van der Waals surface area contributed by atoms with E-state index in [2.05, 4.69) is 28.4 Å². The lowest BCUT2D eigenvalue weighted by Gasteiger charge is -2.55. The van der Waals surface area contributed by atoms with Crippen molar-refractivity contribution in [3.05, 3.63) is 203 Å². The SMILES string of the molecule is C1CC1.Cc1ccc(OC(F)=C(F)F)cc1.Cc1ccc(OC(F)=C(F)F)cc1.Cc1ccc(OC(F)C(F)(F)C(F)(F)C(F)Oc2ccc(C)cc2)cc1.Cc1ccc(OC2(F)C(F)(F)C(F)(F)C2(F)Oc2ccc(C)cc2)cc1. The number of hydrogen-bond donors (Lipinski definition) is 0. The largest absolute Gasteiger partial charge is 0.454 e. The van der Waals surface area contributed by atoms with Crippen LogP contribution < -0.4 is 28.4 Å². The summed E-state index contributed by atoms with van der Waals surface area (Å²) in [6.07, 6.45) is -7.97.